The Morgan fingerprint density at radius 1 is 1.44 bits per heavy atom. The third kappa shape index (κ3) is 2.62. The molecule has 0 saturated heterocycles. The number of fused-ring (bicyclic) bond motifs is 1. The van der Waals surface area contributed by atoms with Crippen LogP contribution in [0.1, 0.15) is 5.56 Å². The summed E-state index contributed by atoms with van der Waals surface area (Å²) in [7, 11) is -3.18. The van der Waals surface area contributed by atoms with Gasteiger partial charge in [0, 0.05) is 13.1 Å². The lowest BCUT2D eigenvalue weighted by molar-refractivity contribution is 0.581. The minimum absolute atomic E-state index is 0.294. The molecule has 0 atom stereocenters. The van der Waals surface area contributed by atoms with Gasteiger partial charge in [-0.2, -0.15) is 0 Å². The lowest BCUT2D eigenvalue weighted by Gasteiger charge is -2.08. The first-order valence-electron chi connectivity index (χ1n) is 5.54. The van der Waals surface area contributed by atoms with E-state index in [1.54, 1.807) is 0 Å². The number of sulfonamides is 1. The van der Waals surface area contributed by atoms with Gasteiger partial charge in [0.05, 0.1) is 17.3 Å². The average molecular weight is 268 g/mol. The van der Waals surface area contributed by atoms with E-state index in [2.05, 4.69) is 9.71 Å². The van der Waals surface area contributed by atoms with Gasteiger partial charge in [0.25, 0.3) is 0 Å². The number of nitrogens with zero attached hydrogens (tertiary/aromatic N) is 2. The summed E-state index contributed by atoms with van der Waals surface area (Å²) in [5.74, 6) is 0.398. The van der Waals surface area contributed by atoms with E-state index in [0.717, 1.165) is 22.9 Å². The molecule has 2 rings (SSSR count). The molecular weight excluding hydrogens is 252 g/mol. The smallest absolute Gasteiger partial charge is 0.208 e. The summed E-state index contributed by atoms with van der Waals surface area (Å²) in [5.41, 5.74) is 8.69. The highest BCUT2D eigenvalue weighted by Crippen LogP contribution is 2.20. The van der Waals surface area contributed by atoms with Crippen LogP contribution in [0.2, 0.25) is 0 Å². The molecule has 0 fully saturated rings. The Morgan fingerprint density at radius 2 is 2.17 bits per heavy atom. The Bertz CT molecular complexity index is 676. The fourth-order valence-electron chi connectivity index (χ4n) is 1.95. The number of benzene rings is 1. The van der Waals surface area contributed by atoms with Crippen molar-refractivity contribution in [3.05, 3.63) is 23.8 Å². The number of aryl methyl sites for hydroxylation is 1. The van der Waals surface area contributed by atoms with Crippen molar-refractivity contribution in [2.75, 3.05) is 18.5 Å². The zero-order valence-corrected chi connectivity index (χ0v) is 11.2. The molecule has 3 N–H and O–H groups in total. The van der Waals surface area contributed by atoms with E-state index in [-0.39, 0.29) is 0 Å². The predicted molar refractivity (Wildman–Crippen MR) is 71.7 cm³/mol. The largest absolute Gasteiger partial charge is 0.369 e. The van der Waals surface area contributed by atoms with E-state index in [1.807, 2.05) is 29.7 Å². The number of nitrogens with one attached hydrogen (secondary N) is 1. The van der Waals surface area contributed by atoms with Gasteiger partial charge in [-0.25, -0.2) is 18.1 Å². The van der Waals surface area contributed by atoms with Crippen LogP contribution in [-0.4, -0.2) is 30.8 Å². The van der Waals surface area contributed by atoms with Crippen LogP contribution in [0.15, 0.2) is 18.2 Å². The molecule has 0 bridgehead atoms. The summed E-state index contributed by atoms with van der Waals surface area (Å²) in [4.78, 5) is 4.25. The molecule has 0 aliphatic rings. The number of anilines is 1. The standard InChI is InChI=1S/C11H16N4O2S/c1-8-4-3-5-9-10(8)15(11(12)14-9)7-6-13-18(2,16)17/h3-5,13H,6-7H2,1-2H3,(H2,12,14). The highest BCUT2D eigenvalue weighted by molar-refractivity contribution is 7.88. The van der Waals surface area contributed by atoms with Gasteiger partial charge >= 0.3 is 0 Å². The zero-order chi connectivity index (χ0) is 13.3. The van der Waals surface area contributed by atoms with Crippen molar-refractivity contribution in [3.63, 3.8) is 0 Å². The number of hydrogen-bond acceptors (Lipinski definition) is 4. The zero-order valence-electron chi connectivity index (χ0n) is 10.3. The second-order valence-corrected chi connectivity index (χ2v) is 6.06. The SMILES string of the molecule is Cc1cccc2nc(N)n(CCNS(C)(=O)=O)c12. The van der Waals surface area contributed by atoms with Crippen LogP contribution in [0.5, 0.6) is 0 Å². The molecule has 18 heavy (non-hydrogen) atoms. The molecule has 0 aliphatic heterocycles. The quantitative estimate of drug-likeness (QED) is 0.843. The number of nitrogens with two attached hydrogens (primary N) is 1. The van der Waals surface area contributed by atoms with Gasteiger partial charge in [0.15, 0.2) is 0 Å². The fourth-order valence-corrected chi connectivity index (χ4v) is 2.41. The third-order valence-corrected chi connectivity index (χ3v) is 3.43. The Kier molecular flexibility index (Phi) is 3.27. The molecule has 98 valence electrons. The minimum Gasteiger partial charge on any atom is -0.369 e. The Labute approximate surface area is 106 Å². The van der Waals surface area contributed by atoms with Gasteiger partial charge in [-0.15, -0.1) is 0 Å². The van der Waals surface area contributed by atoms with Crippen molar-refractivity contribution in [1.29, 1.82) is 0 Å². The highest BCUT2D eigenvalue weighted by atomic mass is 32.2. The van der Waals surface area contributed by atoms with Gasteiger partial charge in [-0.3, -0.25) is 0 Å². The van der Waals surface area contributed by atoms with Gasteiger partial charge in [-0.1, -0.05) is 12.1 Å². The van der Waals surface area contributed by atoms with E-state index in [0.29, 0.717) is 19.0 Å². The van der Waals surface area contributed by atoms with Crippen LogP contribution >= 0.6 is 0 Å². The maximum Gasteiger partial charge on any atom is 0.208 e. The van der Waals surface area contributed by atoms with Crippen LogP contribution in [0.4, 0.5) is 5.95 Å². The van der Waals surface area contributed by atoms with Gasteiger partial charge in [-0.05, 0) is 18.6 Å². The lowest BCUT2D eigenvalue weighted by Crippen LogP contribution is -2.26. The van der Waals surface area contributed by atoms with Gasteiger partial charge in [0.2, 0.25) is 16.0 Å². The highest BCUT2D eigenvalue weighted by Gasteiger charge is 2.10. The van der Waals surface area contributed by atoms with E-state index in [1.165, 1.54) is 0 Å². The second kappa shape index (κ2) is 4.58. The molecular formula is C11H16N4O2S. The van der Waals surface area contributed by atoms with Crippen molar-refractivity contribution < 1.29 is 8.42 Å². The number of aromatic nitrogens is 2. The first-order valence-corrected chi connectivity index (χ1v) is 7.43. The molecule has 0 spiro atoms. The third-order valence-electron chi connectivity index (χ3n) is 2.70. The van der Waals surface area contributed by atoms with Crippen molar-refractivity contribution in [3.8, 4) is 0 Å². The van der Waals surface area contributed by atoms with Crippen molar-refractivity contribution >= 4 is 27.0 Å². The summed E-state index contributed by atoms with van der Waals surface area (Å²) < 4.78 is 26.3. The monoisotopic (exact) mass is 268 g/mol. The summed E-state index contributed by atoms with van der Waals surface area (Å²) >= 11 is 0. The number of rotatable bonds is 4. The van der Waals surface area contributed by atoms with Crippen LogP contribution in [-0.2, 0) is 16.6 Å². The van der Waals surface area contributed by atoms with E-state index in [9.17, 15) is 8.42 Å². The van der Waals surface area contributed by atoms with E-state index >= 15 is 0 Å². The van der Waals surface area contributed by atoms with E-state index < -0.39 is 10.0 Å². The molecule has 0 unspecified atom stereocenters. The molecule has 1 aromatic carbocycles. The lowest BCUT2D eigenvalue weighted by atomic mass is 10.2. The molecule has 2 aromatic rings. The number of para-hydroxylation sites is 1. The topological polar surface area (TPSA) is 90.0 Å². The van der Waals surface area contributed by atoms with Crippen LogP contribution < -0.4 is 10.5 Å². The first-order chi connectivity index (χ1) is 8.38. The van der Waals surface area contributed by atoms with Crippen molar-refractivity contribution in [1.82, 2.24) is 14.3 Å². The van der Waals surface area contributed by atoms with Crippen LogP contribution in [0.25, 0.3) is 11.0 Å². The van der Waals surface area contributed by atoms with Crippen molar-refractivity contribution in [2.45, 2.75) is 13.5 Å². The van der Waals surface area contributed by atoms with Gasteiger partial charge < -0.3 is 10.3 Å². The summed E-state index contributed by atoms with van der Waals surface area (Å²) in [6.07, 6.45) is 1.13. The molecule has 6 nitrogen and oxygen atoms in total. The van der Waals surface area contributed by atoms with E-state index in [4.69, 9.17) is 5.73 Å². The van der Waals surface area contributed by atoms with Crippen LogP contribution in [0.3, 0.4) is 0 Å². The predicted octanol–water partition coefficient (Wildman–Crippen LogP) is 0.476. The normalized spacial score (nSPS) is 12.1. The maximum absolute atomic E-state index is 11.0. The Morgan fingerprint density at radius 3 is 2.83 bits per heavy atom. The summed E-state index contributed by atoms with van der Waals surface area (Å²) in [6, 6.07) is 5.78. The molecule has 0 radical (unpaired) electrons. The fraction of sp³-hybridized carbons (Fsp3) is 0.364. The average Bonchev–Trinajstić information content (AvgIpc) is 2.55. The maximum atomic E-state index is 11.0. The van der Waals surface area contributed by atoms with Crippen LogP contribution in [0, 0.1) is 6.92 Å². The molecule has 0 amide bonds. The number of hydrogen-bond donors (Lipinski definition) is 2. The first kappa shape index (κ1) is 12.8. The summed E-state index contributed by atoms with van der Waals surface area (Å²) in [5, 5.41) is 0. The molecule has 7 heteroatoms. The Balaban J connectivity index is 2.30. The van der Waals surface area contributed by atoms with Gasteiger partial charge in [0.1, 0.15) is 0 Å². The second-order valence-electron chi connectivity index (χ2n) is 4.23. The van der Waals surface area contributed by atoms with Crippen molar-refractivity contribution in [2.24, 2.45) is 0 Å². The Hall–Kier alpha value is -1.60. The molecule has 1 aromatic heterocycles. The number of imidazole rings is 1. The molecule has 0 saturated carbocycles. The molecule has 0 aliphatic carbocycles. The molecule has 1 heterocycles. The minimum atomic E-state index is -3.18. The summed E-state index contributed by atoms with van der Waals surface area (Å²) in [6.45, 7) is 2.73. The number of nitrogen functional groups attached to an aromatic ring is 1.